The SMILES string of the molecule is CCCCNC(=O)C(Cc1ccccc1)N(Cc1ccc(F)cc1)C(=O)CCc1ccc2c(c1)OCCO2. The Morgan fingerprint density at radius 1 is 0.921 bits per heavy atom. The van der Waals surface area contributed by atoms with Crippen molar-refractivity contribution in [3.05, 3.63) is 95.3 Å². The van der Waals surface area contributed by atoms with Gasteiger partial charge in [0.2, 0.25) is 11.8 Å². The van der Waals surface area contributed by atoms with E-state index in [2.05, 4.69) is 12.2 Å². The molecule has 1 heterocycles. The summed E-state index contributed by atoms with van der Waals surface area (Å²) in [7, 11) is 0. The largest absolute Gasteiger partial charge is 0.486 e. The molecule has 0 fully saturated rings. The number of halogens is 1. The van der Waals surface area contributed by atoms with Gasteiger partial charge < -0.3 is 19.7 Å². The van der Waals surface area contributed by atoms with Crippen molar-refractivity contribution in [2.45, 2.75) is 51.6 Å². The minimum absolute atomic E-state index is 0.143. The molecule has 2 amide bonds. The van der Waals surface area contributed by atoms with E-state index in [9.17, 15) is 14.0 Å². The number of hydrogen-bond donors (Lipinski definition) is 1. The average Bonchev–Trinajstić information content (AvgIpc) is 2.95. The summed E-state index contributed by atoms with van der Waals surface area (Å²) >= 11 is 0. The number of fused-ring (bicyclic) bond motifs is 1. The van der Waals surface area contributed by atoms with Crippen LogP contribution < -0.4 is 14.8 Å². The van der Waals surface area contributed by atoms with Gasteiger partial charge in [0, 0.05) is 25.9 Å². The van der Waals surface area contributed by atoms with Gasteiger partial charge in [0.15, 0.2) is 11.5 Å². The normalized spacial score (nSPS) is 13.0. The zero-order chi connectivity index (χ0) is 26.7. The second-order valence-electron chi connectivity index (χ2n) is 9.48. The van der Waals surface area contributed by atoms with Gasteiger partial charge in [-0.15, -0.1) is 0 Å². The quantitative estimate of drug-likeness (QED) is 0.340. The lowest BCUT2D eigenvalue weighted by molar-refractivity contribution is -0.141. The predicted octanol–water partition coefficient (Wildman–Crippen LogP) is 5.09. The number of rotatable bonds is 12. The first-order chi connectivity index (χ1) is 18.5. The van der Waals surface area contributed by atoms with Gasteiger partial charge in [0.25, 0.3) is 0 Å². The minimum Gasteiger partial charge on any atom is -0.486 e. The van der Waals surface area contributed by atoms with Gasteiger partial charge >= 0.3 is 0 Å². The molecule has 7 heteroatoms. The first-order valence-electron chi connectivity index (χ1n) is 13.3. The topological polar surface area (TPSA) is 67.9 Å². The zero-order valence-electron chi connectivity index (χ0n) is 21.8. The van der Waals surface area contributed by atoms with E-state index in [-0.39, 0.29) is 30.6 Å². The second-order valence-corrected chi connectivity index (χ2v) is 9.48. The van der Waals surface area contributed by atoms with E-state index in [0.717, 1.165) is 29.5 Å². The number of ether oxygens (including phenoxy) is 2. The maximum atomic E-state index is 13.8. The van der Waals surface area contributed by atoms with Crippen molar-refractivity contribution < 1.29 is 23.5 Å². The Kier molecular flexibility index (Phi) is 9.73. The van der Waals surface area contributed by atoms with Crippen LogP contribution >= 0.6 is 0 Å². The third-order valence-electron chi connectivity index (χ3n) is 6.60. The van der Waals surface area contributed by atoms with E-state index in [1.165, 1.54) is 12.1 Å². The Morgan fingerprint density at radius 3 is 2.37 bits per heavy atom. The lowest BCUT2D eigenvalue weighted by Crippen LogP contribution is -2.50. The molecule has 1 aliphatic rings. The average molecular weight is 519 g/mol. The number of benzene rings is 3. The summed E-state index contributed by atoms with van der Waals surface area (Å²) in [6, 6.07) is 20.8. The molecule has 0 radical (unpaired) electrons. The van der Waals surface area contributed by atoms with Gasteiger partial charge in [-0.2, -0.15) is 0 Å². The summed E-state index contributed by atoms with van der Waals surface area (Å²) in [5.74, 6) is 0.717. The van der Waals surface area contributed by atoms with Gasteiger partial charge in [0.1, 0.15) is 25.1 Å². The molecule has 1 atom stereocenters. The Hall–Kier alpha value is -3.87. The number of unbranched alkanes of at least 4 members (excludes halogenated alkanes) is 1. The Labute approximate surface area is 223 Å². The molecule has 1 aliphatic heterocycles. The smallest absolute Gasteiger partial charge is 0.243 e. The van der Waals surface area contributed by atoms with Gasteiger partial charge in [-0.05, 0) is 53.8 Å². The maximum absolute atomic E-state index is 13.8. The van der Waals surface area contributed by atoms with Crippen LogP contribution in [0.1, 0.15) is 42.9 Å². The maximum Gasteiger partial charge on any atom is 0.243 e. The van der Waals surface area contributed by atoms with Crippen LogP contribution in [0, 0.1) is 5.82 Å². The highest BCUT2D eigenvalue weighted by atomic mass is 19.1. The molecule has 3 aromatic carbocycles. The molecule has 0 saturated heterocycles. The van der Waals surface area contributed by atoms with Crippen LogP contribution in [0.5, 0.6) is 11.5 Å². The molecule has 200 valence electrons. The summed E-state index contributed by atoms with van der Waals surface area (Å²) < 4.78 is 24.9. The summed E-state index contributed by atoms with van der Waals surface area (Å²) in [5, 5.41) is 3.02. The van der Waals surface area contributed by atoms with Crippen molar-refractivity contribution in [1.82, 2.24) is 10.2 Å². The van der Waals surface area contributed by atoms with E-state index >= 15 is 0 Å². The highest BCUT2D eigenvalue weighted by Crippen LogP contribution is 2.31. The van der Waals surface area contributed by atoms with Crippen molar-refractivity contribution in [3.8, 4) is 11.5 Å². The number of nitrogens with zero attached hydrogens (tertiary/aromatic N) is 1. The Bertz CT molecular complexity index is 1200. The molecule has 6 nitrogen and oxygen atoms in total. The fourth-order valence-electron chi connectivity index (χ4n) is 4.48. The minimum atomic E-state index is -0.702. The number of nitrogens with one attached hydrogen (secondary N) is 1. The molecule has 0 aromatic heterocycles. The van der Waals surface area contributed by atoms with Crippen LogP contribution in [0.3, 0.4) is 0 Å². The van der Waals surface area contributed by atoms with E-state index in [4.69, 9.17) is 9.47 Å². The fourth-order valence-corrected chi connectivity index (χ4v) is 4.48. The van der Waals surface area contributed by atoms with Crippen LogP contribution in [-0.2, 0) is 29.0 Å². The first kappa shape index (κ1) is 27.2. The van der Waals surface area contributed by atoms with Crippen LogP contribution in [0.2, 0.25) is 0 Å². The second kappa shape index (κ2) is 13.6. The van der Waals surface area contributed by atoms with Crippen molar-refractivity contribution in [2.24, 2.45) is 0 Å². The van der Waals surface area contributed by atoms with Crippen LogP contribution in [0.4, 0.5) is 4.39 Å². The molecule has 1 N–H and O–H groups in total. The first-order valence-corrected chi connectivity index (χ1v) is 13.3. The van der Waals surface area contributed by atoms with Crippen molar-refractivity contribution in [1.29, 1.82) is 0 Å². The third-order valence-corrected chi connectivity index (χ3v) is 6.60. The van der Waals surface area contributed by atoms with Crippen LogP contribution in [0.15, 0.2) is 72.8 Å². The van der Waals surface area contributed by atoms with Gasteiger partial charge in [-0.25, -0.2) is 4.39 Å². The standard InChI is InChI=1S/C31H35FN2O4/c1-2-3-17-33-31(36)27(20-23-7-5-4-6-8-23)34(22-25-9-13-26(32)14-10-25)30(35)16-12-24-11-15-28-29(21-24)38-19-18-37-28/h4-11,13-15,21,27H,2-3,12,16-20,22H2,1H3,(H,33,36). The number of hydrogen-bond acceptors (Lipinski definition) is 4. The highest BCUT2D eigenvalue weighted by molar-refractivity contribution is 5.88. The molecule has 0 bridgehead atoms. The summed E-state index contributed by atoms with van der Waals surface area (Å²) in [5.41, 5.74) is 2.68. The molecular weight excluding hydrogens is 483 g/mol. The Balaban J connectivity index is 1.57. The Morgan fingerprint density at radius 2 is 1.63 bits per heavy atom. The van der Waals surface area contributed by atoms with E-state index in [1.807, 2.05) is 48.5 Å². The van der Waals surface area contributed by atoms with Gasteiger partial charge in [-0.3, -0.25) is 9.59 Å². The molecule has 0 spiro atoms. The lowest BCUT2D eigenvalue weighted by Gasteiger charge is -2.32. The summed E-state index contributed by atoms with van der Waals surface area (Å²) in [6.45, 7) is 3.84. The van der Waals surface area contributed by atoms with Crippen molar-refractivity contribution >= 4 is 11.8 Å². The number of carbonyl (C=O) groups excluding carboxylic acids is 2. The van der Waals surface area contributed by atoms with Gasteiger partial charge in [0.05, 0.1) is 0 Å². The highest BCUT2D eigenvalue weighted by Gasteiger charge is 2.30. The molecular formula is C31H35FN2O4. The van der Waals surface area contributed by atoms with Crippen molar-refractivity contribution in [2.75, 3.05) is 19.8 Å². The van der Waals surface area contributed by atoms with E-state index in [1.54, 1.807) is 17.0 Å². The lowest BCUT2D eigenvalue weighted by atomic mass is 10.0. The molecule has 0 aliphatic carbocycles. The van der Waals surface area contributed by atoms with Crippen LogP contribution in [-0.4, -0.2) is 42.5 Å². The molecule has 4 rings (SSSR count). The van der Waals surface area contributed by atoms with Gasteiger partial charge in [-0.1, -0.05) is 61.9 Å². The molecule has 0 saturated carbocycles. The third kappa shape index (κ3) is 7.57. The fraction of sp³-hybridized carbons (Fsp3) is 0.355. The van der Waals surface area contributed by atoms with Crippen LogP contribution in [0.25, 0.3) is 0 Å². The summed E-state index contributed by atoms with van der Waals surface area (Å²) in [6.07, 6.45) is 2.91. The molecule has 1 unspecified atom stereocenters. The van der Waals surface area contributed by atoms with Crippen molar-refractivity contribution in [3.63, 3.8) is 0 Å². The number of aryl methyl sites for hydroxylation is 1. The number of carbonyl (C=O) groups is 2. The zero-order valence-corrected chi connectivity index (χ0v) is 21.8. The predicted molar refractivity (Wildman–Crippen MR) is 145 cm³/mol. The summed E-state index contributed by atoms with van der Waals surface area (Å²) in [4.78, 5) is 28.8. The number of amides is 2. The van der Waals surface area contributed by atoms with E-state index < -0.39 is 6.04 Å². The van der Waals surface area contributed by atoms with E-state index in [0.29, 0.717) is 44.1 Å². The monoisotopic (exact) mass is 518 g/mol. The molecule has 3 aromatic rings. The molecule has 38 heavy (non-hydrogen) atoms.